The lowest BCUT2D eigenvalue weighted by Gasteiger charge is -2.05. The van der Waals surface area contributed by atoms with Gasteiger partial charge in [0.15, 0.2) is 5.56 Å². The van der Waals surface area contributed by atoms with Gasteiger partial charge in [-0.25, -0.2) is 9.59 Å². The minimum atomic E-state index is -1.29. The van der Waals surface area contributed by atoms with Gasteiger partial charge < -0.3 is 14.9 Å². The number of pyridine rings is 1. The van der Waals surface area contributed by atoms with Crippen LogP contribution >= 0.6 is 0 Å². The van der Waals surface area contributed by atoms with E-state index in [1.807, 2.05) is 0 Å². The lowest BCUT2D eigenvalue weighted by molar-refractivity contribution is 0.0698. The van der Waals surface area contributed by atoms with E-state index >= 15 is 0 Å². The molecule has 0 unspecified atom stereocenters. The molecule has 0 aliphatic heterocycles. The molecule has 2 aromatic heterocycles. The molecule has 2 amide bonds. The summed E-state index contributed by atoms with van der Waals surface area (Å²) in [4.78, 5) is 27.5. The third-order valence-electron chi connectivity index (χ3n) is 3.07. The number of para-hydroxylation sites is 1. The molecular weight excluding hydrogens is 312 g/mol. The molecule has 0 fully saturated rings. The summed E-state index contributed by atoms with van der Waals surface area (Å²) >= 11 is 0. The molecule has 8 heteroatoms. The van der Waals surface area contributed by atoms with Gasteiger partial charge >= 0.3 is 12.0 Å². The average Bonchev–Trinajstić information content (AvgIpc) is 3.00. The van der Waals surface area contributed by atoms with E-state index in [1.54, 1.807) is 48.5 Å². The number of carboxylic acids is 1. The zero-order valence-corrected chi connectivity index (χ0v) is 12.3. The van der Waals surface area contributed by atoms with Crippen LogP contribution in [-0.2, 0) is 0 Å². The number of aromatic carboxylic acids is 1. The van der Waals surface area contributed by atoms with E-state index in [0.717, 1.165) is 0 Å². The Balaban J connectivity index is 1.85. The highest BCUT2D eigenvalue weighted by Crippen LogP contribution is 2.27. The topological polar surface area (TPSA) is 117 Å². The van der Waals surface area contributed by atoms with Gasteiger partial charge in [0.1, 0.15) is 5.69 Å². The van der Waals surface area contributed by atoms with E-state index < -0.39 is 12.0 Å². The molecule has 8 nitrogen and oxygen atoms in total. The highest BCUT2D eigenvalue weighted by Gasteiger charge is 2.25. The molecule has 0 radical (unpaired) electrons. The Morgan fingerprint density at radius 2 is 1.75 bits per heavy atom. The van der Waals surface area contributed by atoms with Crippen LogP contribution in [0.15, 0.2) is 59.3 Å². The quantitative estimate of drug-likeness (QED) is 0.679. The van der Waals surface area contributed by atoms with Gasteiger partial charge in [-0.15, -0.1) is 0 Å². The molecule has 0 atom stereocenters. The molecule has 24 heavy (non-hydrogen) atoms. The normalized spacial score (nSPS) is 10.2. The summed E-state index contributed by atoms with van der Waals surface area (Å²) < 4.78 is 4.98. The van der Waals surface area contributed by atoms with Crippen LogP contribution < -0.4 is 10.6 Å². The predicted octanol–water partition coefficient (Wildman–Crippen LogP) is 3.08. The second-order valence-electron chi connectivity index (χ2n) is 4.70. The van der Waals surface area contributed by atoms with Gasteiger partial charge in [-0.1, -0.05) is 29.4 Å². The fourth-order valence-electron chi connectivity index (χ4n) is 2.04. The van der Waals surface area contributed by atoms with Crippen molar-refractivity contribution in [2.24, 2.45) is 0 Å². The Morgan fingerprint density at radius 3 is 2.42 bits per heavy atom. The van der Waals surface area contributed by atoms with Crippen molar-refractivity contribution in [3.8, 4) is 11.4 Å². The number of nitrogens with zero attached hydrogens (tertiary/aromatic N) is 2. The maximum atomic E-state index is 12.0. The molecule has 0 aliphatic carbocycles. The van der Waals surface area contributed by atoms with Crippen molar-refractivity contribution in [2.75, 3.05) is 10.6 Å². The molecule has 120 valence electrons. The first-order valence-electron chi connectivity index (χ1n) is 6.92. The summed E-state index contributed by atoms with van der Waals surface area (Å²) in [7, 11) is 0. The molecule has 0 bridgehead atoms. The third kappa shape index (κ3) is 3.22. The minimum Gasteiger partial charge on any atom is -0.477 e. The molecule has 0 saturated heterocycles. The Kier molecular flexibility index (Phi) is 4.19. The molecule has 3 rings (SSSR count). The molecule has 0 aliphatic rings. The lowest BCUT2D eigenvalue weighted by atomic mass is 10.1. The van der Waals surface area contributed by atoms with Crippen LogP contribution in [0.4, 0.5) is 16.4 Å². The molecule has 2 heterocycles. The number of aromatic nitrogens is 2. The SMILES string of the molecule is O=C(Nc1ccccc1)Nc1onc(-c2ccccn2)c1C(=O)O. The van der Waals surface area contributed by atoms with Gasteiger partial charge in [-0.05, 0) is 24.3 Å². The second-order valence-corrected chi connectivity index (χ2v) is 4.70. The standard InChI is InChI=1S/C16H12N4O4/c21-15(22)12-13(11-8-4-5-9-17-11)20-24-14(12)19-16(23)18-10-6-2-1-3-7-10/h1-9H,(H,21,22)(H2,18,19,23). The van der Waals surface area contributed by atoms with Gasteiger partial charge in [0, 0.05) is 11.9 Å². The minimum absolute atomic E-state index is 0.0399. The highest BCUT2D eigenvalue weighted by atomic mass is 16.5. The van der Waals surface area contributed by atoms with Gasteiger partial charge in [-0.2, -0.15) is 0 Å². The number of nitrogens with one attached hydrogen (secondary N) is 2. The van der Waals surface area contributed by atoms with E-state index in [4.69, 9.17) is 4.52 Å². The maximum Gasteiger partial charge on any atom is 0.343 e. The number of hydrogen-bond donors (Lipinski definition) is 3. The van der Waals surface area contributed by atoms with Crippen molar-refractivity contribution in [3.63, 3.8) is 0 Å². The van der Waals surface area contributed by atoms with Crippen molar-refractivity contribution in [2.45, 2.75) is 0 Å². The summed E-state index contributed by atoms with van der Waals surface area (Å²) in [5.74, 6) is -1.55. The van der Waals surface area contributed by atoms with Crippen LogP contribution in [0.2, 0.25) is 0 Å². The Morgan fingerprint density at radius 1 is 1.00 bits per heavy atom. The zero-order chi connectivity index (χ0) is 16.9. The largest absolute Gasteiger partial charge is 0.477 e. The van der Waals surface area contributed by atoms with Crippen LogP contribution in [0.5, 0.6) is 0 Å². The Hall–Kier alpha value is -3.68. The number of benzene rings is 1. The van der Waals surface area contributed by atoms with Gasteiger partial charge in [0.25, 0.3) is 0 Å². The summed E-state index contributed by atoms with van der Waals surface area (Å²) in [5, 5.41) is 18.0. The number of carbonyl (C=O) groups is 2. The molecule has 0 saturated carbocycles. The van der Waals surface area contributed by atoms with Crippen LogP contribution in [0, 0.1) is 0 Å². The number of rotatable bonds is 4. The molecule has 1 aromatic carbocycles. The Labute approximate surface area is 136 Å². The van der Waals surface area contributed by atoms with Crippen molar-refractivity contribution >= 4 is 23.6 Å². The summed E-state index contributed by atoms with van der Waals surface area (Å²) in [6, 6.07) is 13.0. The van der Waals surface area contributed by atoms with E-state index in [-0.39, 0.29) is 17.1 Å². The van der Waals surface area contributed by atoms with Crippen molar-refractivity contribution in [1.29, 1.82) is 0 Å². The Bertz CT molecular complexity index is 862. The fraction of sp³-hybridized carbons (Fsp3) is 0. The van der Waals surface area contributed by atoms with E-state index in [0.29, 0.717) is 11.4 Å². The van der Waals surface area contributed by atoms with Crippen molar-refractivity contribution in [3.05, 3.63) is 60.3 Å². The zero-order valence-electron chi connectivity index (χ0n) is 12.3. The maximum absolute atomic E-state index is 12.0. The monoisotopic (exact) mass is 324 g/mol. The first kappa shape index (κ1) is 15.2. The average molecular weight is 324 g/mol. The summed E-state index contributed by atoms with van der Waals surface area (Å²) in [6.45, 7) is 0. The van der Waals surface area contributed by atoms with Gasteiger partial charge in [0.05, 0.1) is 5.69 Å². The number of carbonyl (C=O) groups excluding carboxylic acids is 1. The molecule has 0 spiro atoms. The lowest BCUT2D eigenvalue weighted by Crippen LogP contribution is -2.20. The second kappa shape index (κ2) is 6.61. The van der Waals surface area contributed by atoms with Crippen LogP contribution in [-0.4, -0.2) is 27.2 Å². The highest BCUT2D eigenvalue weighted by molar-refractivity contribution is 6.05. The van der Waals surface area contributed by atoms with Crippen molar-refractivity contribution in [1.82, 2.24) is 10.1 Å². The fourth-order valence-corrected chi connectivity index (χ4v) is 2.04. The van der Waals surface area contributed by atoms with Gasteiger partial charge in [-0.3, -0.25) is 10.3 Å². The van der Waals surface area contributed by atoms with Gasteiger partial charge in [0.2, 0.25) is 5.88 Å². The summed E-state index contributed by atoms with van der Waals surface area (Å²) in [5.41, 5.74) is 0.654. The number of urea groups is 1. The van der Waals surface area contributed by atoms with E-state index in [2.05, 4.69) is 20.8 Å². The first-order valence-corrected chi connectivity index (χ1v) is 6.92. The van der Waals surface area contributed by atoms with Crippen molar-refractivity contribution < 1.29 is 19.2 Å². The molecule has 3 N–H and O–H groups in total. The molecule has 3 aromatic rings. The van der Waals surface area contributed by atoms with E-state index in [9.17, 15) is 14.7 Å². The van der Waals surface area contributed by atoms with Crippen LogP contribution in [0.3, 0.4) is 0 Å². The molecular formula is C16H12N4O4. The number of carboxylic acid groups (broad SMARTS) is 1. The number of anilines is 2. The number of hydrogen-bond acceptors (Lipinski definition) is 5. The van der Waals surface area contributed by atoms with Crippen LogP contribution in [0.25, 0.3) is 11.4 Å². The first-order chi connectivity index (χ1) is 11.6. The number of amides is 2. The third-order valence-corrected chi connectivity index (χ3v) is 3.07. The smallest absolute Gasteiger partial charge is 0.343 e. The van der Waals surface area contributed by atoms with Crippen LogP contribution in [0.1, 0.15) is 10.4 Å². The van der Waals surface area contributed by atoms with E-state index in [1.165, 1.54) is 6.20 Å². The predicted molar refractivity (Wildman–Crippen MR) is 85.8 cm³/mol. The summed E-state index contributed by atoms with van der Waals surface area (Å²) in [6.07, 6.45) is 1.50.